The molecule has 0 aliphatic heterocycles. The predicted molar refractivity (Wildman–Crippen MR) is 86.0 cm³/mol. The topological polar surface area (TPSA) is 24.9 Å². The zero-order valence-corrected chi connectivity index (χ0v) is 13.2. The Morgan fingerprint density at radius 2 is 2.00 bits per heavy atom. The second kappa shape index (κ2) is 8.41. The number of hydrogen-bond donors (Lipinski definition) is 1. The fourth-order valence-corrected chi connectivity index (χ4v) is 3.49. The third kappa shape index (κ3) is 4.90. The van der Waals surface area contributed by atoms with Crippen molar-refractivity contribution in [3.05, 3.63) is 29.6 Å². The van der Waals surface area contributed by atoms with Gasteiger partial charge in [-0.25, -0.2) is 0 Å². The van der Waals surface area contributed by atoms with Crippen LogP contribution in [0.1, 0.15) is 63.1 Å². The number of nitrogens with one attached hydrogen (secondary N) is 1. The van der Waals surface area contributed by atoms with E-state index < -0.39 is 0 Å². The van der Waals surface area contributed by atoms with Gasteiger partial charge in [-0.2, -0.15) is 0 Å². The molecule has 0 amide bonds. The van der Waals surface area contributed by atoms with Crippen LogP contribution in [-0.2, 0) is 6.42 Å². The Hall–Kier alpha value is -0.890. The van der Waals surface area contributed by atoms with E-state index in [2.05, 4.69) is 30.2 Å². The zero-order chi connectivity index (χ0) is 14.2. The fraction of sp³-hybridized carbons (Fsp3) is 0.722. The highest BCUT2D eigenvalue weighted by atomic mass is 14.9. The summed E-state index contributed by atoms with van der Waals surface area (Å²) in [5.41, 5.74) is 2.60. The molecular formula is C18H30N2. The molecule has 20 heavy (non-hydrogen) atoms. The van der Waals surface area contributed by atoms with E-state index in [4.69, 9.17) is 0 Å². The Morgan fingerprint density at radius 1 is 1.25 bits per heavy atom. The Bertz CT molecular complexity index is 381. The third-order valence-corrected chi connectivity index (χ3v) is 4.64. The summed E-state index contributed by atoms with van der Waals surface area (Å²) >= 11 is 0. The first kappa shape index (κ1) is 15.5. The molecule has 0 aromatic carbocycles. The molecule has 1 atom stereocenters. The number of hydrogen-bond acceptors (Lipinski definition) is 2. The first-order chi connectivity index (χ1) is 9.79. The molecule has 0 bridgehead atoms. The summed E-state index contributed by atoms with van der Waals surface area (Å²) in [5.74, 6) is 0.922. The maximum absolute atomic E-state index is 4.57. The molecule has 1 N–H and O–H groups in total. The Kier molecular flexibility index (Phi) is 6.52. The van der Waals surface area contributed by atoms with Crippen molar-refractivity contribution in [1.29, 1.82) is 0 Å². The van der Waals surface area contributed by atoms with E-state index >= 15 is 0 Å². The Labute approximate surface area is 124 Å². The van der Waals surface area contributed by atoms with Crippen LogP contribution in [-0.4, -0.2) is 17.6 Å². The van der Waals surface area contributed by atoms with Crippen LogP contribution in [0.4, 0.5) is 0 Å². The quantitative estimate of drug-likeness (QED) is 0.784. The Morgan fingerprint density at radius 3 is 2.65 bits per heavy atom. The van der Waals surface area contributed by atoms with Crippen molar-refractivity contribution < 1.29 is 0 Å². The minimum atomic E-state index is 0.594. The lowest BCUT2D eigenvalue weighted by Crippen LogP contribution is -2.33. The lowest BCUT2D eigenvalue weighted by Gasteiger charge is -2.23. The summed E-state index contributed by atoms with van der Waals surface area (Å²) in [4.78, 5) is 4.57. The van der Waals surface area contributed by atoms with Gasteiger partial charge in [0.2, 0.25) is 0 Å². The number of pyridine rings is 1. The predicted octanol–water partition coefficient (Wildman–Crippen LogP) is 4.27. The smallest absolute Gasteiger partial charge is 0.0448 e. The minimum absolute atomic E-state index is 0.594. The van der Waals surface area contributed by atoms with E-state index in [0.717, 1.165) is 18.9 Å². The first-order valence-electron chi connectivity index (χ1n) is 8.43. The van der Waals surface area contributed by atoms with Gasteiger partial charge in [0, 0.05) is 24.4 Å². The van der Waals surface area contributed by atoms with Crippen molar-refractivity contribution in [3.63, 3.8) is 0 Å². The highest BCUT2D eigenvalue weighted by molar-refractivity contribution is 5.18. The maximum Gasteiger partial charge on any atom is 0.0448 e. The average molecular weight is 274 g/mol. The second-order valence-electron chi connectivity index (χ2n) is 6.32. The Balaban J connectivity index is 1.94. The molecule has 2 heteroatoms. The summed E-state index contributed by atoms with van der Waals surface area (Å²) in [6.45, 7) is 5.45. The maximum atomic E-state index is 4.57. The molecule has 1 fully saturated rings. The number of aromatic nitrogens is 1. The molecule has 112 valence electrons. The van der Waals surface area contributed by atoms with Crippen molar-refractivity contribution in [3.8, 4) is 0 Å². The normalized spacial score (nSPS) is 18.7. The van der Waals surface area contributed by atoms with Crippen LogP contribution in [0.15, 0.2) is 18.3 Å². The highest BCUT2D eigenvalue weighted by Crippen LogP contribution is 2.27. The molecule has 0 saturated heterocycles. The minimum Gasteiger partial charge on any atom is -0.314 e. The van der Waals surface area contributed by atoms with E-state index in [1.54, 1.807) is 0 Å². The average Bonchev–Trinajstić information content (AvgIpc) is 2.70. The van der Waals surface area contributed by atoms with Crippen LogP contribution >= 0.6 is 0 Å². The summed E-state index contributed by atoms with van der Waals surface area (Å²) in [5, 5.41) is 3.69. The molecule has 1 aromatic rings. The summed E-state index contributed by atoms with van der Waals surface area (Å²) < 4.78 is 0. The van der Waals surface area contributed by atoms with Gasteiger partial charge in [-0.1, -0.05) is 51.5 Å². The first-order valence-corrected chi connectivity index (χ1v) is 8.43. The van der Waals surface area contributed by atoms with Crippen LogP contribution in [0.5, 0.6) is 0 Å². The number of rotatable bonds is 6. The molecule has 2 rings (SSSR count). The number of likely N-dealkylation sites (N-methyl/N-ethyl adjacent to an activating group) is 1. The van der Waals surface area contributed by atoms with Gasteiger partial charge in [0.15, 0.2) is 0 Å². The lowest BCUT2D eigenvalue weighted by atomic mass is 9.90. The zero-order valence-electron chi connectivity index (χ0n) is 13.2. The molecule has 0 radical (unpaired) electrons. The summed E-state index contributed by atoms with van der Waals surface area (Å²) in [7, 11) is 0. The molecule has 1 aliphatic carbocycles. The van der Waals surface area contributed by atoms with Crippen molar-refractivity contribution in [1.82, 2.24) is 10.3 Å². The standard InChI is InChI=1S/C18H30N2/c1-3-19-17(13-16-10-6-4-5-7-11-16)14-18-15(2)9-8-12-20-18/h8-9,12,16-17,19H,3-7,10-11,13-14H2,1-2H3. The molecule has 1 aromatic heterocycles. The van der Waals surface area contributed by atoms with Crippen molar-refractivity contribution in [2.75, 3.05) is 6.54 Å². The SMILES string of the molecule is CCNC(Cc1ncccc1C)CC1CCCCCC1. The van der Waals surface area contributed by atoms with E-state index in [1.165, 1.54) is 56.2 Å². The number of aryl methyl sites for hydroxylation is 1. The van der Waals surface area contributed by atoms with Crippen molar-refractivity contribution >= 4 is 0 Å². The second-order valence-corrected chi connectivity index (χ2v) is 6.32. The molecule has 1 unspecified atom stereocenters. The molecule has 1 aliphatic rings. The van der Waals surface area contributed by atoms with E-state index in [-0.39, 0.29) is 0 Å². The van der Waals surface area contributed by atoms with Crippen molar-refractivity contribution in [2.45, 2.75) is 71.3 Å². The van der Waals surface area contributed by atoms with Crippen LogP contribution < -0.4 is 5.32 Å². The molecule has 1 heterocycles. The van der Waals surface area contributed by atoms with E-state index in [0.29, 0.717) is 6.04 Å². The lowest BCUT2D eigenvalue weighted by molar-refractivity contribution is 0.351. The largest absolute Gasteiger partial charge is 0.314 e. The van der Waals surface area contributed by atoms with Gasteiger partial charge in [0.05, 0.1) is 0 Å². The van der Waals surface area contributed by atoms with E-state index in [9.17, 15) is 0 Å². The van der Waals surface area contributed by atoms with Gasteiger partial charge in [-0.15, -0.1) is 0 Å². The monoisotopic (exact) mass is 274 g/mol. The summed E-state index contributed by atoms with van der Waals surface area (Å²) in [6.07, 6.45) is 13.0. The van der Waals surface area contributed by atoms with Crippen LogP contribution in [0, 0.1) is 12.8 Å². The molecule has 2 nitrogen and oxygen atoms in total. The fourth-order valence-electron chi connectivity index (χ4n) is 3.49. The third-order valence-electron chi connectivity index (χ3n) is 4.64. The van der Waals surface area contributed by atoms with E-state index in [1.807, 2.05) is 12.3 Å². The van der Waals surface area contributed by atoms with Crippen molar-refractivity contribution in [2.24, 2.45) is 5.92 Å². The highest BCUT2D eigenvalue weighted by Gasteiger charge is 2.18. The molecule has 1 saturated carbocycles. The van der Waals surface area contributed by atoms with Gasteiger partial charge >= 0.3 is 0 Å². The van der Waals surface area contributed by atoms with Gasteiger partial charge < -0.3 is 5.32 Å². The van der Waals surface area contributed by atoms with Crippen LogP contribution in [0.25, 0.3) is 0 Å². The van der Waals surface area contributed by atoms with Crippen LogP contribution in [0.2, 0.25) is 0 Å². The van der Waals surface area contributed by atoms with Crippen LogP contribution in [0.3, 0.4) is 0 Å². The molecular weight excluding hydrogens is 244 g/mol. The summed E-state index contributed by atoms with van der Waals surface area (Å²) in [6, 6.07) is 4.81. The number of nitrogens with zero attached hydrogens (tertiary/aromatic N) is 1. The van der Waals surface area contributed by atoms with Gasteiger partial charge in [-0.3, -0.25) is 4.98 Å². The molecule has 0 spiro atoms. The van der Waals surface area contributed by atoms with Gasteiger partial charge in [0.25, 0.3) is 0 Å². The van der Waals surface area contributed by atoms with Gasteiger partial charge in [0.1, 0.15) is 0 Å². The van der Waals surface area contributed by atoms with Gasteiger partial charge in [-0.05, 0) is 37.4 Å².